The highest BCUT2D eigenvalue weighted by Crippen LogP contribution is 2.21. The number of likely N-dealkylation sites (N-methyl/N-ethyl adjacent to an activating group) is 1. The number of hydrogen-bond donors (Lipinski definition) is 1. The number of aryl methyl sites for hydroxylation is 2. The fraction of sp³-hybridized carbons (Fsp3) is 0.667. The van der Waals surface area contributed by atoms with Gasteiger partial charge < -0.3 is 5.11 Å². The third kappa shape index (κ3) is 4.06. The third-order valence-electron chi connectivity index (χ3n) is 4.92. The predicted molar refractivity (Wildman–Crippen MR) is 88.6 cm³/mol. The maximum atomic E-state index is 10.5. The lowest BCUT2D eigenvalue weighted by Gasteiger charge is -2.27. The molecule has 2 rings (SSSR count). The zero-order valence-corrected chi connectivity index (χ0v) is 14.0. The van der Waals surface area contributed by atoms with Gasteiger partial charge in [-0.1, -0.05) is 32.0 Å². The molecule has 1 N–H and O–H groups in total. The number of likely N-dealkylation sites (tertiary alicyclic amines) is 1. The van der Waals surface area contributed by atoms with Crippen molar-refractivity contribution in [3.05, 3.63) is 34.9 Å². The molecule has 1 aromatic carbocycles. The van der Waals surface area contributed by atoms with E-state index in [2.05, 4.69) is 55.7 Å². The first-order valence-electron chi connectivity index (χ1n) is 8.26. The van der Waals surface area contributed by atoms with E-state index in [1.807, 2.05) is 0 Å². The quantitative estimate of drug-likeness (QED) is 0.873. The van der Waals surface area contributed by atoms with E-state index in [9.17, 15) is 5.11 Å². The molecular formula is C18H30N2O. The summed E-state index contributed by atoms with van der Waals surface area (Å²) in [5, 5.41) is 10.5. The van der Waals surface area contributed by atoms with Crippen molar-refractivity contribution in [2.45, 2.75) is 46.3 Å². The van der Waals surface area contributed by atoms with Crippen LogP contribution in [0.1, 0.15) is 43.1 Å². The molecule has 0 radical (unpaired) electrons. The van der Waals surface area contributed by atoms with Crippen LogP contribution in [0.5, 0.6) is 0 Å². The SMILES string of the molecule is CCN(CC)C1CCN(CC(O)c2ccc(C)c(C)c2)C1. The second-order valence-corrected chi connectivity index (χ2v) is 6.28. The van der Waals surface area contributed by atoms with Crippen LogP contribution in [0.4, 0.5) is 0 Å². The molecule has 0 bridgehead atoms. The Morgan fingerprint density at radius 2 is 1.95 bits per heavy atom. The second kappa shape index (κ2) is 7.39. The summed E-state index contributed by atoms with van der Waals surface area (Å²) in [4.78, 5) is 4.94. The van der Waals surface area contributed by atoms with Gasteiger partial charge in [0, 0.05) is 19.1 Å². The standard InChI is InChI=1S/C18H30N2O/c1-5-20(6-2)17-9-10-19(12-17)13-18(21)16-8-7-14(3)15(4)11-16/h7-8,11,17-18,21H,5-6,9-10,12-13H2,1-4H3. The number of hydrogen-bond acceptors (Lipinski definition) is 3. The highest BCUT2D eigenvalue weighted by Gasteiger charge is 2.27. The Kier molecular flexibility index (Phi) is 5.80. The summed E-state index contributed by atoms with van der Waals surface area (Å²) in [6, 6.07) is 6.95. The number of aliphatic hydroxyl groups excluding tert-OH is 1. The Bertz CT molecular complexity index is 457. The number of benzene rings is 1. The minimum Gasteiger partial charge on any atom is -0.387 e. The summed E-state index contributed by atoms with van der Waals surface area (Å²) in [7, 11) is 0. The topological polar surface area (TPSA) is 26.7 Å². The van der Waals surface area contributed by atoms with E-state index in [0.717, 1.165) is 38.3 Å². The van der Waals surface area contributed by atoms with Crippen LogP contribution in [-0.4, -0.2) is 53.7 Å². The molecule has 1 fully saturated rings. The summed E-state index contributed by atoms with van der Waals surface area (Å²) in [6.45, 7) is 13.9. The van der Waals surface area contributed by atoms with Crippen LogP contribution in [0.25, 0.3) is 0 Å². The maximum absolute atomic E-state index is 10.5. The van der Waals surface area contributed by atoms with Gasteiger partial charge in [0.25, 0.3) is 0 Å². The Labute approximate surface area is 129 Å². The van der Waals surface area contributed by atoms with E-state index >= 15 is 0 Å². The monoisotopic (exact) mass is 290 g/mol. The molecule has 1 aliphatic heterocycles. The normalized spacial score (nSPS) is 21.1. The van der Waals surface area contributed by atoms with Gasteiger partial charge in [0.1, 0.15) is 0 Å². The van der Waals surface area contributed by atoms with Crippen LogP contribution in [0.3, 0.4) is 0 Å². The molecule has 1 saturated heterocycles. The first kappa shape index (κ1) is 16.5. The van der Waals surface area contributed by atoms with Crippen LogP contribution in [0.15, 0.2) is 18.2 Å². The number of rotatable bonds is 6. The summed E-state index contributed by atoms with van der Waals surface area (Å²) >= 11 is 0. The molecule has 0 spiro atoms. The summed E-state index contributed by atoms with van der Waals surface area (Å²) in [5.41, 5.74) is 3.59. The Morgan fingerprint density at radius 1 is 1.24 bits per heavy atom. The van der Waals surface area contributed by atoms with Crippen molar-refractivity contribution < 1.29 is 5.11 Å². The second-order valence-electron chi connectivity index (χ2n) is 6.28. The first-order chi connectivity index (χ1) is 10.0. The molecule has 0 amide bonds. The van der Waals surface area contributed by atoms with E-state index in [-0.39, 0.29) is 6.10 Å². The molecule has 0 aliphatic carbocycles. The molecule has 2 atom stereocenters. The Morgan fingerprint density at radius 3 is 2.57 bits per heavy atom. The first-order valence-corrected chi connectivity index (χ1v) is 8.26. The van der Waals surface area contributed by atoms with Gasteiger partial charge in [-0.15, -0.1) is 0 Å². The minimum absolute atomic E-state index is 0.375. The van der Waals surface area contributed by atoms with Crippen molar-refractivity contribution in [1.29, 1.82) is 0 Å². The van der Waals surface area contributed by atoms with E-state index in [1.54, 1.807) is 0 Å². The van der Waals surface area contributed by atoms with Crippen LogP contribution in [0.2, 0.25) is 0 Å². The van der Waals surface area contributed by atoms with Gasteiger partial charge in [0.15, 0.2) is 0 Å². The van der Waals surface area contributed by atoms with Crippen molar-refractivity contribution in [2.75, 3.05) is 32.7 Å². The van der Waals surface area contributed by atoms with Crippen LogP contribution in [0, 0.1) is 13.8 Å². The average Bonchev–Trinajstić information content (AvgIpc) is 2.91. The largest absolute Gasteiger partial charge is 0.387 e. The van der Waals surface area contributed by atoms with Gasteiger partial charge in [-0.25, -0.2) is 0 Å². The lowest BCUT2D eigenvalue weighted by atomic mass is 10.0. The molecule has 3 heteroatoms. The molecule has 2 unspecified atom stereocenters. The fourth-order valence-corrected chi connectivity index (χ4v) is 3.34. The zero-order valence-electron chi connectivity index (χ0n) is 14.0. The lowest BCUT2D eigenvalue weighted by Crippen LogP contribution is -2.38. The molecule has 0 aromatic heterocycles. The van der Waals surface area contributed by atoms with Crippen LogP contribution >= 0.6 is 0 Å². The minimum atomic E-state index is -0.375. The predicted octanol–water partition coefficient (Wildman–Crippen LogP) is 2.75. The number of nitrogens with zero attached hydrogens (tertiary/aromatic N) is 2. The van der Waals surface area contributed by atoms with E-state index in [4.69, 9.17) is 0 Å². The molecule has 0 saturated carbocycles. The van der Waals surface area contributed by atoms with Gasteiger partial charge in [-0.3, -0.25) is 9.80 Å². The lowest BCUT2D eigenvalue weighted by molar-refractivity contribution is 0.119. The van der Waals surface area contributed by atoms with Crippen LogP contribution in [-0.2, 0) is 0 Å². The van der Waals surface area contributed by atoms with Crippen molar-refractivity contribution in [3.8, 4) is 0 Å². The summed E-state index contributed by atoms with van der Waals surface area (Å²) < 4.78 is 0. The van der Waals surface area contributed by atoms with E-state index < -0.39 is 0 Å². The highest BCUT2D eigenvalue weighted by atomic mass is 16.3. The van der Waals surface area contributed by atoms with Crippen LogP contribution < -0.4 is 0 Å². The smallest absolute Gasteiger partial charge is 0.0917 e. The van der Waals surface area contributed by atoms with E-state index in [1.165, 1.54) is 17.5 Å². The van der Waals surface area contributed by atoms with Gasteiger partial charge in [-0.05, 0) is 56.6 Å². The maximum Gasteiger partial charge on any atom is 0.0917 e. The van der Waals surface area contributed by atoms with Crippen molar-refractivity contribution >= 4 is 0 Å². The Balaban J connectivity index is 1.91. The van der Waals surface area contributed by atoms with Crippen molar-refractivity contribution in [2.24, 2.45) is 0 Å². The molecule has 1 heterocycles. The van der Waals surface area contributed by atoms with Gasteiger partial charge in [0.05, 0.1) is 6.10 Å². The zero-order chi connectivity index (χ0) is 15.4. The highest BCUT2D eigenvalue weighted by molar-refractivity contribution is 5.31. The van der Waals surface area contributed by atoms with E-state index in [0.29, 0.717) is 6.04 Å². The van der Waals surface area contributed by atoms with Gasteiger partial charge in [0.2, 0.25) is 0 Å². The average molecular weight is 290 g/mol. The Hall–Kier alpha value is -0.900. The summed E-state index contributed by atoms with van der Waals surface area (Å²) in [5.74, 6) is 0. The fourth-order valence-electron chi connectivity index (χ4n) is 3.34. The van der Waals surface area contributed by atoms with Gasteiger partial charge in [-0.2, -0.15) is 0 Å². The molecular weight excluding hydrogens is 260 g/mol. The molecule has 118 valence electrons. The van der Waals surface area contributed by atoms with Gasteiger partial charge >= 0.3 is 0 Å². The third-order valence-corrected chi connectivity index (χ3v) is 4.92. The molecule has 1 aromatic rings. The summed E-state index contributed by atoms with van der Waals surface area (Å²) in [6.07, 6.45) is 0.848. The molecule has 1 aliphatic rings. The van der Waals surface area contributed by atoms with Crippen molar-refractivity contribution in [1.82, 2.24) is 9.80 Å². The number of β-amino-alcohol motifs (C(OH)–C–C–N with tert-alkyl or cyclic N) is 1. The molecule has 3 nitrogen and oxygen atoms in total. The van der Waals surface area contributed by atoms with Crippen molar-refractivity contribution in [3.63, 3.8) is 0 Å². The number of aliphatic hydroxyl groups is 1. The molecule has 21 heavy (non-hydrogen) atoms.